The number of hydrogen-bond donors (Lipinski definition) is 1. The van der Waals surface area contributed by atoms with Crippen LogP contribution >= 0.6 is 0 Å². The standard InChI is InChI=1S/C6H14.C5H12O.C3H6/c1-3-5-6-4-2;1-2-3-4-5-6;1-3-2/h3-6H2,1-2H3;6H,2-5H2,1H3;3H,1H2,2H3. The predicted molar refractivity (Wildman–Crippen MR) is 72.3 cm³/mol. The highest BCUT2D eigenvalue weighted by Crippen LogP contribution is 1.95. The number of hydrogen-bond acceptors (Lipinski definition) is 1. The largest absolute Gasteiger partial charge is 0.396 e. The molecule has 1 heteroatoms. The summed E-state index contributed by atoms with van der Waals surface area (Å²) in [5.74, 6) is 0. The van der Waals surface area contributed by atoms with Crippen LogP contribution in [-0.4, -0.2) is 11.7 Å². The van der Waals surface area contributed by atoms with E-state index in [4.69, 9.17) is 5.11 Å². The topological polar surface area (TPSA) is 20.2 Å². The van der Waals surface area contributed by atoms with Crippen molar-refractivity contribution in [2.75, 3.05) is 6.61 Å². The van der Waals surface area contributed by atoms with Crippen molar-refractivity contribution in [3.8, 4) is 0 Å². The second-order valence-electron chi connectivity index (χ2n) is 3.55. The van der Waals surface area contributed by atoms with Crippen molar-refractivity contribution < 1.29 is 5.11 Å². The molecule has 0 aromatic heterocycles. The van der Waals surface area contributed by atoms with E-state index in [1.54, 1.807) is 6.08 Å². The van der Waals surface area contributed by atoms with E-state index in [0.717, 1.165) is 12.8 Å². The van der Waals surface area contributed by atoms with E-state index in [1.807, 2.05) is 6.92 Å². The molecular weight excluding hydrogens is 184 g/mol. The van der Waals surface area contributed by atoms with Crippen LogP contribution in [0.1, 0.15) is 72.6 Å². The maximum Gasteiger partial charge on any atom is 0.0431 e. The number of allylic oxidation sites excluding steroid dienone is 1. The Labute approximate surface area is 97.6 Å². The smallest absolute Gasteiger partial charge is 0.0431 e. The minimum Gasteiger partial charge on any atom is -0.396 e. The summed E-state index contributed by atoms with van der Waals surface area (Å²) in [6, 6.07) is 0. The summed E-state index contributed by atoms with van der Waals surface area (Å²) in [4.78, 5) is 0. The zero-order valence-corrected chi connectivity index (χ0v) is 11.4. The lowest BCUT2D eigenvalue weighted by molar-refractivity contribution is 0.284. The molecular formula is C14H32O. The van der Waals surface area contributed by atoms with Gasteiger partial charge in [-0.2, -0.15) is 0 Å². The molecule has 0 unspecified atom stereocenters. The van der Waals surface area contributed by atoms with Crippen LogP contribution in [0.2, 0.25) is 0 Å². The molecule has 0 radical (unpaired) electrons. The van der Waals surface area contributed by atoms with E-state index in [2.05, 4.69) is 27.4 Å². The second kappa shape index (κ2) is 29.2. The zero-order chi connectivity index (χ0) is 12.4. The van der Waals surface area contributed by atoms with Gasteiger partial charge in [0.25, 0.3) is 0 Å². The first-order valence-electron chi connectivity index (χ1n) is 6.42. The van der Waals surface area contributed by atoms with Crippen molar-refractivity contribution in [1.29, 1.82) is 0 Å². The normalized spacial score (nSPS) is 8.07. The first-order valence-corrected chi connectivity index (χ1v) is 6.42. The maximum atomic E-state index is 8.20. The van der Waals surface area contributed by atoms with Crippen molar-refractivity contribution >= 4 is 0 Å². The van der Waals surface area contributed by atoms with Gasteiger partial charge in [0.1, 0.15) is 0 Å². The summed E-state index contributed by atoms with van der Waals surface area (Å²) < 4.78 is 0. The van der Waals surface area contributed by atoms with Crippen LogP contribution in [0.25, 0.3) is 0 Å². The molecule has 0 amide bonds. The molecule has 1 nitrogen and oxygen atoms in total. The minimum atomic E-state index is 0.355. The summed E-state index contributed by atoms with van der Waals surface area (Å²) in [5, 5.41) is 8.20. The molecule has 0 aromatic carbocycles. The third-order valence-electron chi connectivity index (χ3n) is 1.72. The third kappa shape index (κ3) is 57.7. The van der Waals surface area contributed by atoms with Crippen molar-refractivity contribution in [3.63, 3.8) is 0 Å². The molecule has 0 aromatic rings. The molecule has 0 fully saturated rings. The maximum absolute atomic E-state index is 8.20. The Hall–Kier alpha value is -0.300. The molecule has 0 saturated carbocycles. The predicted octanol–water partition coefficient (Wildman–Crippen LogP) is 4.95. The van der Waals surface area contributed by atoms with Crippen LogP contribution in [-0.2, 0) is 0 Å². The van der Waals surface area contributed by atoms with Crippen LogP contribution in [0.15, 0.2) is 12.7 Å². The molecule has 94 valence electrons. The fourth-order valence-electron chi connectivity index (χ4n) is 0.862. The van der Waals surface area contributed by atoms with Gasteiger partial charge < -0.3 is 5.11 Å². The van der Waals surface area contributed by atoms with Crippen LogP contribution in [0.5, 0.6) is 0 Å². The van der Waals surface area contributed by atoms with Gasteiger partial charge in [0.15, 0.2) is 0 Å². The molecule has 0 saturated heterocycles. The van der Waals surface area contributed by atoms with Gasteiger partial charge in [-0.15, -0.1) is 6.58 Å². The molecule has 1 N–H and O–H groups in total. The summed E-state index contributed by atoms with van der Waals surface area (Å²) >= 11 is 0. The number of rotatable bonds is 6. The Morgan fingerprint density at radius 2 is 1.13 bits per heavy atom. The van der Waals surface area contributed by atoms with Gasteiger partial charge >= 0.3 is 0 Å². The summed E-state index contributed by atoms with van der Waals surface area (Å²) in [6.45, 7) is 12.2. The number of unbranched alkanes of at least 4 members (excludes halogenated alkanes) is 5. The fourth-order valence-corrected chi connectivity index (χ4v) is 0.862. The van der Waals surface area contributed by atoms with Crippen LogP contribution in [0.3, 0.4) is 0 Å². The Kier molecular flexibility index (Phi) is 39.2. The molecule has 0 heterocycles. The number of aliphatic hydroxyl groups excluding tert-OH is 1. The van der Waals surface area contributed by atoms with Crippen LogP contribution in [0, 0.1) is 0 Å². The second-order valence-corrected chi connectivity index (χ2v) is 3.55. The minimum absolute atomic E-state index is 0.355. The average molecular weight is 216 g/mol. The van der Waals surface area contributed by atoms with Gasteiger partial charge in [0, 0.05) is 6.61 Å². The molecule has 0 aliphatic heterocycles. The number of aliphatic hydroxyl groups is 1. The lowest BCUT2D eigenvalue weighted by Gasteiger charge is -1.86. The monoisotopic (exact) mass is 216 g/mol. The zero-order valence-electron chi connectivity index (χ0n) is 11.4. The van der Waals surface area contributed by atoms with Gasteiger partial charge in [-0.25, -0.2) is 0 Å². The van der Waals surface area contributed by atoms with Crippen molar-refractivity contribution in [2.45, 2.75) is 72.6 Å². The SMILES string of the molecule is C=CC.CCCCCC.CCCCCO. The first kappa shape index (κ1) is 20.2. The van der Waals surface area contributed by atoms with Gasteiger partial charge in [-0.05, 0) is 13.3 Å². The highest BCUT2D eigenvalue weighted by atomic mass is 16.2. The Morgan fingerprint density at radius 3 is 1.27 bits per heavy atom. The fraction of sp³-hybridized carbons (Fsp3) is 0.857. The van der Waals surface area contributed by atoms with Gasteiger partial charge in [-0.1, -0.05) is 65.4 Å². The lowest BCUT2D eigenvalue weighted by Crippen LogP contribution is -1.78. The Bertz CT molecular complexity index is 63.4. The molecule has 0 spiro atoms. The highest BCUT2D eigenvalue weighted by molar-refractivity contribution is 4.51. The van der Waals surface area contributed by atoms with Crippen molar-refractivity contribution in [3.05, 3.63) is 12.7 Å². The van der Waals surface area contributed by atoms with E-state index in [9.17, 15) is 0 Å². The van der Waals surface area contributed by atoms with Crippen LogP contribution in [0.4, 0.5) is 0 Å². The molecule has 0 aliphatic carbocycles. The molecule has 15 heavy (non-hydrogen) atoms. The van der Waals surface area contributed by atoms with E-state index in [1.165, 1.54) is 32.1 Å². The van der Waals surface area contributed by atoms with E-state index < -0.39 is 0 Å². The average Bonchev–Trinajstić information content (AvgIpc) is 2.25. The van der Waals surface area contributed by atoms with E-state index in [-0.39, 0.29) is 0 Å². The third-order valence-corrected chi connectivity index (χ3v) is 1.72. The summed E-state index contributed by atoms with van der Waals surface area (Å²) in [7, 11) is 0. The van der Waals surface area contributed by atoms with Crippen LogP contribution < -0.4 is 0 Å². The van der Waals surface area contributed by atoms with Gasteiger partial charge in [0.05, 0.1) is 0 Å². The quantitative estimate of drug-likeness (QED) is 0.492. The Balaban J connectivity index is -0.000000153. The summed E-state index contributed by atoms with van der Waals surface area (Å²) in [6.07, 6.45) is 10.6. The van der Waals surface area contributed by atoms with Crippen molar-refractivity contribution in [2.24, 2.45) is 0 Å². The highest BCUT2D eigenvalue weighted by Gasteiger charge is 1.76. The van der Waals surface area contributed by atoms with E-state index >= 15 is 0 Å². The molecule has 0 aliphatic rings. The Morgan fingerprint density at radius 1 is 0.867 bits per heavy atom. The van der Waals surface area contributed by atoms with Crippen molar-refractivity contribution in [1.82, 2.24) is 0 Å². The lowest BCUT2D eigenvalue weighted by atomic mass is 10.2. The molecule has 0 rings (SSSR count). The van der Waals surface area contributed by atoms with Gasteiger partial charge in [0.2, 0.25) is 0 Å². The summed E-state index contributed by atoms with van der Waals surface area (Å²) in [5.41, 5.74) is 0. The molecule has 0 bridgehead atoms. The van der Waals surface area contributed by atoms with Gasteiger partial charge in [-0.3, -0.25) is 0 Å². The molecule has 0 atom stereocenters. The first-order chi connectivity index (χ1) is 7.24. The van der Waals surface area contributed by atoms with E-state index in [0.29, 0.717) is 6.61 Å².